The van der Waals surface area contributed by atoms with Gasteiger partial charge in [0.2, 0.25) is 0 Å². The van der Waals surface area contributed by atoms with E-state index in [4.69, 9.17) is 11.6 Å². The lowest BCUT2D eigenvalue weighted by Crippen LogP contribution is -2.39. The van der Waals surface area contributed by atoms with E-state index < -0.39 is 0 Å². The Hall–Kier alpha value is -0.640. The Morgan fingerprint density at radius 2 is 2.21 bits per heavy atom. The highest BCUT2D eigenvalue weighted by Crippen LogP contribution is 2.24. The van der Waals surface area contributed by atoms with Gasteiger partial charge in [0.1, 0.15) is 5.82 Å². The number of hydrogen-bond acceptors (Lipinski definition) is 2. The molecule has 0 N–H and O–H groups in total. The predicted molar refractivity (Wildman–Crippen MR) is 78.0 cm³/mol. The molecule has 0 radical (unpaired) electrons. The molecule has 1 heterocycles. The average Bonchev–Trinajstić information content (AvgIpc) is 2.34. The Bertz CT molecular complexity index is 402. The molecule has 0 spiro atoms. The van der Waals surface area contributed by atoms with E-state index in [1.54, 1.807) is 12.1 Å². The van der Waals surface area contributed by atoms with E-state index in [1.165, 1.54) is 18.9 Å². The molecule has 0 bridgehead atoms. The number of hydrogen-bond donors (Lipinski definition) is 0. The summed E-state index contributed by atoms with van der Waals surface area (Å²) in [7, 11) is 4.21. The molecule has 2 rings (SSSR count). The molecule has 1 saturated heterocycles. The minimum Gasteiger partial charge on any atom is -0.309 e. The number of halogens is 2. The number of benzene rings is 1. The molecule has 1 aliphatic rings. The molecule has 0 aliphatic carbocycles. The smallest absolute Gasteiger partial charge is 0.129 e. The summed E-state index contributed by atoms with van der Waals surface area (Å²) in [6.07, 6.45) is 2.45. The molecule has 1 aromatic rings. The first-order chi connectivity index (χ1) is 9.06. The van der Waals surface area contributed by atoms with Crippen LogP contribution in [0.3, 0.4) is 0 Å². The van der Waals surface area contributed by atoms with Crippen molar-refractivity contribution in [2.75, 3.05) is 33.7 Å². The third-order valence-corrected chi connectivity index (χ3v) is 4.02. The first-order valence-electron chi connectivity index (χ1n) is 6.86. The van der Waals surface area contributed by atoms with Gasteiger partial charge in [0, 0.05) is 30.2 Å². The molecular formula is C15H22ClFN2. The molecule has 4 heteroatoms. The Morgan fingerprint density at radius 3 is 2.89 bits per heavy atom. The fourth-order valence-corrected chi connectivity index (χ4v) is 3.09. The highest BCUT2D eigenvalue weighted by atomic mass is 35.5. The zero-order valence-corrected chi connectivity index (χ0v) is 12.5. The molecule has 19 heavy (non-hydrogen) atoms. The van der Waals surface area contributed by atoms with Gasteiger partial charge in [-0.25, -0.2) is 4.39 Å². The number of piperidine rings is 1. The van der Waals surface area contributed by atoms with Crippen LogP contribution < -0.4 is 0 Å². The summed E-state index contributed by atoms with van der Waals surface area (Å²) in [4.78, 5) is 4.55. The van der Waals surface area contributed by atoms with Gasteiger partial charge in [-0.1, -0.05) is 17.7 Å². The molecule has 0 unspecified atom stereocenters. The summed E-state index contributed by atoms with van der Waals surface area (Å²) in [5.41, 5.74) is 0.634. The number of likely N-dealkylation sites (tertiary alicyclic amines) is 1. The normalized spacial score (nSPS) is 21.0. The molecule has 0 amide bonds. The summed E-state index contributed by atoms with van der Waals surface area (Å²) in [5.74, 6) is 0.483. The van der Waals surface area contributed by atoms with Crippen LogP contribution >= 0.6 is 11.6 Å². The van der Waals surface area contributed by atoms with Crippen molar-refractivity contribution >= 4 is 11.6 Å². The standard InChI is InChI=1S/C15H22ClFN2/c1-18(2)9-12-5-4-8-19(10-12)11-13-14(16)6-3-7-15(13)17/h3,6-7,12H,4-5,8-11H2,1-2H3/t12-/m1/s1. The van der Waals surface area contributed by atoms with Crippen LogP contribution in [0, 0.1) is 11.7 Å². The molecular weight excluding hydrogens is 263 g/mol. The van der Waals surface area contributed by atoms with Crippen molar-refractivity contribution < 1.29 is 4.39 Å². The van der Waals surface area contributed by atoms with Crippen molar-refractivity contribution in [3.05, 3.63) is 34.6 Å². The molecule has 0 aromatic heterocycles. The van der Waals surface area contributed by atoms with Gasteiger partial charge in [0.05, 0.1) is 0 Å². The lowest BCUT2D eigenvalue weighted by atomic mass is 9.97. The molecule has 0 saturated carbocycles. The highest BCUT2D eigenvalue weighted by molar-refractivity contribution is 6.31. The van der Waals surface area contributed by atoms with Crippen LogP contribution in [0.5, 0.6) is 0 Å². The third-order valence-electron chi connectivity index (χ3n) is 3.67. The Kier molecular flexibility index (Phi) is 5.20. The monoisotopic (exact) mass is 284 g/mol. The summed E-state index contributed by atoms with van der Waals surface area (Å²) in [6, 6.07) is 4.91. The van der Waals surface area contributed by atoms with E-state index in [2.05, 4.69) is 23.9 Å². The van der Waals surface area contributed by atoms with Crippen LogP contribution in [0.15, 0.2) is 18.2 Å². The van der Waals surface area contributed by atoms with Crippen LogP contribution in [-0.2, 0) is 6.54 Å². The second-order valence-electron chi connectivity index (χ2n) is 5.71. The van der Waals surface area contributed by atoms with E-state index in [1.807, 2.05) is 0 Å². The van der Waals surface area contributed by atoms with Crippen molar-refractivity contribution in [2.45, 2.75) is 19.4 Å². The van der Waals surface area contributed by atoms with E-state index in [-0.39, 0.29) is 5.82 Å². The van der Waals surface area contributed by atoms with Crippen molar-refractivity contribution in [1.29, 1.82) is 0 Å². The van der Waals surface area contributed by atoms with E-state index in [0.717, 1.165) is 19.6 Å². The Balaban J connectivity index is 1.99. The summed E-state index contributed by atoms with van der Waals surface area (Å²) in [6.45, 7) is 3.79. The fourth-order valence-electron chi connectivity index (χ4n) is 2.87. The average molecular weight is 285 g/mol. The van der Waals surface area contributed by atoms with Gasteiger partial charge < -0.3 is 4.90 Å². The third kappa shape index (κ3) is 4.16. The summed E-state index contributed by atoms with van der Waals surface area (Å²) in [5, 5.41) is 0.537. The molecule has 1 aromatic carbocycles. The van der Waals surface area contributed by atoms with Gasteiger partial charge >= 0.3 is 0 Å². The maximum Gasteiger partial charge on any atom is 0.129 e. The van der Waals surface area contributed by atoms with E-state index in [0.29, 0.717) is 23.0 Å². The van der Waals surface area contributed by atoms with E-state index >= 15 is 0 Å². The van der Waals surface area contributed by atoms with Gasteiger partial charge in [-0.2, -0.15) is 0 Å². The highest BCUT2D eigenvalue weighted by Gasteiger charge is 2.21. The summed E-state index contributed by atoms with van der Waals surface area (Å²) >= 11 is 6.09. The maximum atomic E-state index is 13.8. The molecule has 1 aliphatic heterocycles. The fraction of sp³-hybridized carbons (Fsp3) is 0.600. The molecule has 1 atom stereocenters. The first-order valence-corrected chi connectivity index (χ1v) is 7.24. The predicted octanol–water partition coefficient (Wildman–Crippen LogP) is 3.25. The van der Waals surface area contributed by atoms with Gasteiger partial charge in [0.25, 0.3) is 0 Å². The van der Waals surface area contributed by atoms with E-state index in [9.17, 15) is 4.39 Å². The topological polar surface area (TPSA) is 6.48 Å². The number of rotatable bonds is 4. The zero-order chi connectivity index (χ0) is 13.8. The van der Waals surface area contributed by atoms with Crippen LogP contribution in [0.1, 0.15) is 18.4 Å². The largest absolute Gasteiger partial charge is 0.309 e. The van der Waals surface area contributed by atoms with Crippen molar-refractivity contribution in [1.82, 2.24) is 9.80 Å². The van der Waals surface area contributed by atoms with Crippen LogP contribution in [-0.4, -0.2) is 43.5 Å². The first kappa shape index (κ1) is 14.8. The minimum atomic E-state index is -0.192. The van der Waals surface area contributed by atoms with Crippen LogP contribution in [0.4, 0.5) is 4.39 Å². The maximum absolute atomic E-state index is 13.8. The zero-order valence-electron chi connectivity index (χ0n) is 11.7. The van der Waals surface area contributed by atoms with Crippen molar-refractivity contribution in [3.8, 4) is 0 Å². The van der Waals surface area contributed by atoms with Gasteiger partial charge in [-0.05, 0) is 51.5 Å². The SMILES string of the molecule is CN(C)C[C@H]1CCCN(Cc2c(F)cccc2Cl)C1. The molecule has 2 nitrogen and oxygen atoms in total. The summed E-state index contributed by atoms with van der Waals surface area (Å²) < 4.78 is 13.8. The Labute approximate surface area is 120 Å². The van der Waals surface area contributed by atoms with Gasteiger partial charge in [-0.3, -0.25) is 4.90 Å². The molecule has 106 valence electrons. The number of nitrogens with zero attached hydrogens (tertiary/aromatic N) is 2. The quantitative estimate of drug-likeness (QED) is 0.837. The Morgan fingerprint density at radius 1 is 1.42 bits per heavy atom. The lowest BCUT2D eigenvalue weighted by Gasteiger charge is -2.34. The molecule has 1 fully saturated rings. The lowest BCUT2D eigenvalue weighted by molar-refractivity contribution is 0.144. The van der Waals surface area contributed by atoms with Gasteiger partial charge in [-0.15, -0.1) is 0 Å². The second kappa shape index (κ2) is 6.69. The second-order valence-corrected chi connectivity index (χ2v) is 6.11. The van der Waals surface area contributed by atoms with Crippen molar-refractivity contribution in [2.24, 2.45) is 5.92 Å². The van der Waals surface area contributed by atoms with Crippen LogP contribution in [0.25, 0.3) is 0 Å². The van der Waals surface area contributed by atoms with Crippen molar-refractivity contribution in [3.63, 3.8) is 0 Å². The van der Waals surface area contributed by atoms with Crippen LogP contribution in [0.2, 0.25) is 5.02 Å². The van der Waals surface area contributed by atoms with Gasteiger partial charge in [0.15, 0.2) is 0 Å². The minimum absolute atomic E-state index is 0.192.